The fourth-order valence-electron chi connectivity index (χ4n) is 1.45. The number of hydrogen-bond acceptors (Lipinski definition) is 3. The Morgan fingerprint density at radius 2 is 2.12 bits per heavy atom. The van der Waals surface area contributed by atoms with Crippen LogP contribution in [-0.4, -0.2) is 19.7 Å². The molecule has 0 heterocycles. The molecule has 0 spiro atoms. The Hall–Kier alpha value is -0.740. The van der Waals surface area contributed by atoms with Crippen LogP contribution in [0.15, 0.2) is 12.1 Å². The van der Waals surface area contributed by atoms with Gasteiger partial charge in [-0.15, -0.1) is 0 Å². The van der Waals surface area contributed by atoms with E-state index in [1.165, 1.54) is 0 Å². The normalized spacial score (nSPS) is 10.1. The van der Waals surface area contributed by atoms with Crippen LogP contribution in [-0.2, 0) is 21.3 Å². The predicted octanol–water partition coefficient (Wildman–Crippen LogP) is 3.35. The highest BCUT2D eigenvalue weighted by molar-refractivity contribution is 9.08. The maximum atomic E-state index is 11.4. The molecule has 0 N–H and O–H groups in total. The van der Waals surface area contributed by atoms with Crippen molar-refractivity contribution in [3.63, 3.8) is 0 Å². The molecule has 0 atom stereocenters. The highest BCUT2D eigenvalue weighted by atomic mass is 79.9. The largest absolute Gasteiger partial charge is 0.496 e. The van der Waals surface area contributed by atoms with Crippen molar-refractivity contribution in [3.8, 4) is 5.75 Å². The summed E-state index contributed by atoms with van der Waals surface area (Å²) < 4.78 is 10.1. The zero-order valence-corrected chi connectivity index (χ0v) is 12.1. The summed E-state index contributed by atoms with van der Waals surface area (Å²) in [7, 11) is 1.59. The van der Waals surface area contributed by atoms with Gasteiger partial charge in [0, 0.05) is 15.9 Å². The first-order valence-corrected chi connectivity index (χ1v) is 6.69. The second-order valence-corrected chi connectivity index (χ2v) is 4.34. The van der Waals surface area contributed by atoms with Gasteiger partial charge in [0.1, 0.15) is 5.75 Å². The number of carbonyl (C=O) groups is 1. The Kier molecular flexibility index (Phi) is 5.78. The Morgan fingerprint density at radius 1 is 1.41 bits per heavy atom. The van der Waals surface area contributed by atoms with Gasteiger partial charge in [-0.2, -0.15) is 0 Å². The zero-order chi connectivity index (χ0) is 12.8. The summed E-state index contributed by atoms with van der Waals surface area (Å²) in [6.45, 7) is 2.15. The van der Waals surface area contributed by atoms with Gasteiger partial charge in [-0.3, -0.25) is 4.79 Å². The molecular weight excluding hydrogens is 307 g/mol. The number of halogens is 2. The van der Waals surface area contributed by atoms with Crippen LogP contribution in [0.5, 0.6) is 5.75 Å². The number of ether oxygens (including phenoxy) is 2. The third kappa shape index (κ3) is 3.89. The first kappa shape index (κ1) is 14.3. The average Bonchev–Trinajstić information content (AvgIpc) is 2.31. The lowest BCUT2D eigenvalue weighted by atomic mass is 10.1. The van der Waals surface area contributed by atoms with Crippen LogP contribution in [0.2, 0.25) is 5.02 Å². The van der Waals surface area contributed by atoms with E-state index >= 15 is 0 Å². The minimum Gasteiger partial charge on any atom is -0.496 e. The van der Waals surface area contributed by atoms with E-state index in [1.807, 2.05) is 6.07 Å². The molecule has 0 aromatic heterocycles. The molecule has 1 aromatic carbocycles. The molecule has 0 amide bonds. The highest BCUT2D eigenvalue weighted by Crippen LogP contribution is 2.29. The van der Waals surface area contributed by atoms with Crippen LogP contribution in [0.3, 0.4) is 0 Å². The van der Waals surface area contributed by atoms with E-state index in [9.17, 15) is 4.79 Å². The Labute approximate surface area is 114 Å². The van der Waals surface area contributed by atoms with Gasteiger partial charge in [0.15, 0.2) is 0 Å². The van der Waals surface area contributed by atoms with E-state index < -0.39 is 0 Å². The molecular formula is C12H14BrClO3. The summed E-state index contributed by atoms with van der Waals surface area (Å²) in [5, 5.41) is 1.16. The molecule has 0 unspecified atom stereocenters. The third-order valence-electron chi connectivity index (χ3n) is 2.23. The maximum Gasteiger partial charge on any atom is 0.310 e. The van der Waals surface area contributed by atoms with Crippen LogP contribution in [0.4, 0.5) is 0 Å². The SMILES string of the molecule is CCOC(=O)Cc1cc(CBr)c(OC)cc1Cl. The van der Waals surface area contributed by atoms with Crippen molar-refractivity contribution >= 4 is 33.5 Å². The molecule has 94 valence electrons. The number of benzene rings is 1. The number of carbonyl (C=O) groups excluding carboxylic acids is 1. The maximum absolute atomic E-state index is 11.4. The lowest BCUT2D eigenvalue weighted by Gasteiger charge is -2.10. The van der Waals surface area contributed by atoms with E-state index in [-0.39, 0.29) is 12.4 Å². The molecule has 17 heavy (non-hydrogen) atoms. The summed E-state index contributed by atoms with van der Waals surface area (Å²) >= 11 is 9.44. The molecule has 0 aliphatic heterocycles. The van der Waals surface area contributed by atoms with Gasteiger partial charge >= 0.3 is 5.97 Å². The van der Waals surface area contributed by atoms with Gasteiger partial charge in [-0.05, 0) is 24.6 Å². The van der Waals surface area contributed by atoms with Crippen LogP contribution in [0, 0.1) is 0 Å². The second kappa shape index (κ2) is 6.87. The Morgan fingerprint density at radius 3 is 2.65 bits per heavy atom. The third-order valence-corrected chi connectivity index (χ3v) is 3.19. The minimum absolute atomic E-state index is 0.177. The number of hydrogen-bond donors (Lipinski definition) is 0. The zero-order valence-electron chi connectivity index (χ0n) is 9.76. The molecule has 0 saturated heterocycles. The monoisotopic (exact) mass is 320 g/mol. The predicted molar refractivity (Wildman–Crippen MR) is 71.0 cm³/mol. The topological polar surface area (TPSA) is 35.5 Å². The van der Waals surface area contributed by atoms with Crippen molar-refractivity contribution in [2.24, 2.45) is 0 Å². The molecule has 3 nitrogen and oxygen atoms in total. The van der Waals surface area contributed by atoms with Gasteiger partial charge in [-0.1, -0.05) is 27.5 Å². The van der Waals surface area contributed by atoms with Crippen LogP contribution >= 0.6 is 27.5 Å². The van der Waals surface area contributed by atoms with Crippen molar-refractivity contribution in [1.82, 2.24) is 0 Å². The minimum atomic E-state index is -0.278. The first-order valence-electron chi connectivity index (χ1n) is 5.19. The van der Waals surface area contributed by atoms with Crippen molar-refractivity contribution in [2.75, 3.05) is 13.7 Å². The van der Waals surface area contributed by atoms with Gasteiger partial charge in [0.25, 0.3) is 0 Å². The molecule has 1 rings (SSSR count). The van der Waals surface area contributed by atoms with Crippen molar-refractivity contribution in [1.29, 1.82) is 0 Å². The molecule has 0 saturated carbocycles. The van der Waals surface area contributed by atoms with Gasteiger partial charge < -0.3 is 9.47 Å². The molecule has 0 bridgehead atoms. The molecule has 0 fully saturated rings. The van der Waals surface area contributed by atoms with Crippen molar-refractivity contribution in [3.05, 3.63) is 28.3 Å². The van der Waals surface area contributed by atoms with Gasteiger partial charge in [0.2, 0.25) is 0 Å². The van der Waals surface area contributed by atoms with E-state index in [4.69, 9.17) is 21.1 Å². The number of alkyl halides is 1. The lowest BCUT2D eigenvalue weighted by molar-refractivity contribution is -0.142. The van der Waals surface area contributed by atoms with E-state index in [0.717, 1.165) is 11.1 Å². The second-order valence-electron chi connectivity index (χ2n) is 3.37. The molecule has 1 aromatic rings. The summed E-state index contributed by atoms with van der Waals surface area (Å²) in [6, 6.07) is 3.57. The lowest BCUT2D eigenvalue weighted by Crippen LogP contribution is -2.08. The molecule has 0 aliphatic rings. The highest BCUT2D eigenvalue weighted by Gasteiger charge is 2.12. The van der Waals surface area contributed by atoms with Crippen molar-refractivity contribution in [2.45, 2.75) is 18.7 Å². The summed E-state index contributed by atoms with van der Waals surface area (Å²) in [5.41, 5.74) is 1.71. The van der Waals surface area contributed by atoms with Crippen LogP contribution in [0.25, 0.3) is 0 Å². The fourth-order valence-corrected chi connectivity index (χ4v) is 2.11. The van der Waals surface area contributed by atoms with E-state index in [2.05, 4.69) is 15.9 Å². The van der Waals surface area contributed by atoms with E-state index in [1.54, 1.807) is 20.1 Å². The number of methoxy groups -OCH3 is 1. The summed E-state index contributed by atoms with van der Waals surface area (Å²) in [6.07, 6.45) is 0.177. The first-order chi connectivity index (χ1) is 8.12. The van der Waals surface area contributed by atoms with Crippen molar-refractivity contribution < 1.29 is 14.3 Å². The summed E-state index contributed by atoms with van der Waals surface area (Å²) in [5.74, 6) is 0.430. The Balaban J connectivity index is 2.96. The van der Waals surface area contributed by atoms with Crippen LogP contribution < -0.4 is 4.74 Å². The Bertz CT molecular complexity index is 407. The van der Waals surface area contributed by atoms with Crippen LogP contribution in [0.1, 0.15) is 18.1 Å². The number of esters is 1. The molecule has 0 radical (unpaired) electrons. The smallest absolute Gasteiger partial charge is 0.310 e. The standard InChI is InChI=1S/C12H14BrClO3/c1-3-17-12(15)5-8-4-9(7-13)11(16-2)6-10(8)14/h4,6H,3,5,7H2,1-2H3. The van der Waals surface area contributed by atoms with Gasteiger partial charge in [-0.25, -0.2) is 0 Å². The molecule has 0 aliphatic carbocycles. The fraction of sp³-hybridized carbons (Fsp3) is 0.417. The number of rotatable bonds is 5. The van der Waals surface area contributed by atoms with Gasteiger partial charge in [0.05, 0.1) is 20.1 Å². The summed E-state index contributed by atoms with van der Waals surface area (Å²) in [4.78, 5) is 11.4. The quantitative estimate of drug-likeness (QED) is 0.616. The average molecular weight is 322 g/mol. The molecule has 5 heteroatoms. The van der Waals surface area contributed by atoms with E-state index in [0.29, 0.717) is 22.7 Å².